The summed E-state index contributed by atoms with van der Waals surface area (Å²) in [5.74, 6) is 0.0980. The molecule has 0 bridgehead atoms. The molecule has 96 valence electrons. The zero-order valence-electron chi connectivity index (χ0n) is 10.3. The zero-order valence-corrected chi connectivity index (χ0v) is 10.3. The van der Waals surface area contributed by atoms with Gasteiger partial charge in [-0.05, 0) is 35.9 Å². The van der Waals surface area contributed by atoms with E-state index in [0.717, 1.165) is 10.9 Å². The summed E-state index contributed by atoms with van der Waals surface area (Å²) in [7, 11) is 1.79. The second-order valence-corrected chi connectivity index (χ2v) is 4.40. The van der Waals surface area contributed by atoms with Crippen LogP contribution in [0.2, 0.25) is 0 Å². The summed E-state index contributed by atoms with van der Waals surface area (Å²) in [4.78, 5) is 0. The van der Waals surface area contributed by atoms with Gasteiger partial charge < -0.3 is 10.8 Å². The van der Waals surface area contributed by atoms with E-state index in [0.29, 0.717) is 16.9 Å². The Bertz CT molecular complexity index is 780. The fourth-order valence-electron chi connectivity index (χ4n) is 2.19. The van der Waals surface area contributed by atoms with Crippen LogP contribution in [0.1, 0.15) is 0 Å². The zero-order chi connectivity index (χ0) is 13.6. The number of nitrogen functional groups attached to an aromatic ring is 1. The number of phenolic OH excluding ortho intramolecular Hbond substituents is 1. The van der Waals surface area contributed by atoms with Crippen LogP contribution < -0.4 is 5.73 Å². The molecule has 0 saturated carbocycles. The van der Waals surface area contributed by atoms with Gasteiger partial charge in [-0.1, -0.05) is 6.07 Å². The number of nitrogens with two attached hydrogens (primary N) is 1. The molecule has 0 aliphatic rings. The molecule has 0 saturated heterocycles. The number of rotatable bonds is 1. The van der Waals surface area contributed by atoms with Crippen LogP contribution in [0.4, 0.5) is 10.2 Å². The molecule has 0 unspecified atom stereocenters. The van der Waals surface area contributed by atoms with E-state index in [1.54, 1.807) is 17.8 Å². The highest BCUT2D eigenvalue weighted by atomic mass is 19.1. The molecule has 19 heavy (non-hydrogen) atoms. The van der Waals surface area contributed by atoms with Crippen molar-refractivity contribution in [1.29, 1.82) is 0 Å². The van der Waals surface area contributed by atoms with Crippen LogP contribution in [0.25, 0.3) is 22.0 Å². The number of fused-ring (bicyclic) bond motifs is 1. The van der Waals surface area contributed by atoms with Crippen molar-refractivity contribution in [3.8, 4) is 16.9 Å². The number of aromatic nitrogens is 2. The van der Waals surface area contributed by atoms with Gasteiger partial charge in [0.15, 0.2) is 5.82 Å². The van der Waals surface area contributed by atoms with E-state index in [1.165, 1.54) is 18.2 Å². The Kier molecular flexibility index (Phi) is 2.41. The van der Waals surface area contributed by atoms with Crippen molar-refractivity contribution >= 4 is 16.7 Å². The van der Waals surface area contributed by atoms with Crippen LogP contribution in [-0.4, -0.2) is 14.9 Å². The van der Waals surface area contributed by atoms with Crippen molar-refractivity contribution in [2.45, 2.75) is 0 Å². The molecule has 3 N–H and O–H groups in total. The number of aryl methyl sites for hydroxylation is 1. The smallest absolute Gasteiger partial charge is 0.153 e. The molecule has 1 aromatic heterocycles. The Balaban J connectivity index is 2.26. The normalized spacial score (nSPS) is 11.1. The number of nitrogens with zero attached hydrogens (tertiary/aromatic N) is 2. The van der Waals surface area contributed by atoms with Crippen molar-refractivity contribution in [1.82, 2.24) is 9.78 Å². The fourth-order valence-corrected chi connectivity index (χ4v) is 2.19. The Morgan fingerprint density at radius 3 is 2.79 bits per heavy atom. The van der Waals surface area contributed by atoms with E-state index in [2.05, 4.69) is 5.10 Å². The lowest BCUT2D eigenvalue weighted by Gasteiger charge is -2.05. The van der Waals surface area contributed by atoms with Gasteiger partial charge in [-0.3, -0.25) is 4.68 Å². The summed E-state index contributed by atoms with van der Waals surface area (Å²) in [5, 5.41) is 14.8. The first kappa shape index (κ1) is 11.5. The molecule has 1 heterocycles. The van der Waals surface area contributed by atoms with Gasteiger partial charge in [0, 0.05) is 18.0 Å². The minimum Gasteiger partial charge on any atom is -0.507 e. The molecule has 3 rings (SSSR count). The number of anilines is 1. The quantitative estimate of drug-likeness (QED) is 0.704. The molecule has 0 aliphatic heterocycles. The maximum atomic E-state index is 13.3. The van der Waals surface area contributed by atoms with Crippen LogP contribution in [0, 0.1) is 5.82 Å². The average Bonchev–Trinajstić information content (AvgIpc) is 2.68. The Labute approximate surface area is 108 Å². The molecule has 0 aliphatic carbocycles. The van der Waals surface area contributed by atoms with E-state index in [1.807, 2.05) is 12.1 Å². The Hall–Kier alpha value is -2.56. The summed E-state index contributed by atoms with van der Waals surface area (Å²) in [6, 6.07) is 9.29. The minimum absolute atomic E-state index is 0.0379. The summed E-state index contributed by atoms with van der Waals surface area (Å²) < 4.78 is 14.9. The fraction of sp³-hybridized carbons (Fsp3) is 0.0714. The van der Waals surface area contributed by atoms with Gasteiger partial charge in [0.1, 0.15) is 11.6 Å². The van der Waals surface area contributed by atoms with Gasteiger partial charge in [0.05, 0.1) is 5.52 Å². The van der Waals surface area contributed by atoms with Gasteiger partial charge in [-0.25, -0.2) is 4.39 Å². The van der Waals surface area contributed by atoms with E-state index in [-0.39, 0.29) is 5.75 Å². The average molecular weight is 257 g/mol. The monoisotopic (exact) mass is 257 g/mol. The van der Waals surface area contributed by atoms with Gasteiger partial charge in [-0.15, -0.1) is 0 Å². The van der Waals surface area contributed by atoms with Crippen molar-refractivity contribution in [3.63, 3.8) is 0 Å². The molecule has 0 radical (unpaired) electrons. The molecule has 3 aromatic rings. The maximum Gasteiger partial charge on any atom is 0.153 e. The molecule has 0 fully saturated rings. The van der Waals surface area contributed by atoms with Gasteiger partial charge in [0.25, 0.3) is 0 Å². The van der Waals surface area contributed by atoms with Crippen molar-refractivity contribution in [3.05, 3.63) is 42.2 Å². The highest BCUT2D eigenvalue weighted by Gasteiger charge is 2.10. The third kappa shape index (κ3) is 1.79. The van der Waals surface area contributed by atoms with E-state index < -0.39 is 5.82 Å². The molecule has 0 spiro atoms. The van der Waals surface area contributed by atoms with Crippen molar-refractivity contribution in [2.24, 2.45) is 7.05 Å². The predicted molar refractivity (Wildman–Crippen MR) is 72.2 cm³/mol. The van der Waals surface area contributed by atoms with Crippen LogP contribution in [0.3, 0.4) is 0 Å². The third-order valence-electron chi connectivity index (χ3n) is 3.15. The molecule has 0 amide bonds. The first-order valence-corrected chi connectivity index (χ1v) is 5.77. The highest BCUT2D eigenvalue weighted by Crippen LogP contribution is 2.32. The summed E-state index contributed by atoms with van der Waals surface area (Å²) >= 11 is 0. The van der Waals surface area contributed by atoms with E-state index >= 15 is 0 Å². The van der Waals surface area contributed by atoms with Crippen LogP contribution in [-0.2, 0) is 7.05 Å². The first-order valence-electron chi connectivity index (χ1n) is 5.77. The van der Waals surface area contributed by atoms with Gasteiger partial charge in [0.2, 0.25) is 0 Å². The maximum absolute atomic E-state index is 13.3. The SMILES string of the molecule is Cn1nc(N)c2ccc(-c3cc(F)ccc3O)cc21. The van der Waals surface area contributed by atoms with Crippen molar-refractivity contribution in [2.75, 3.05) is 5.73 Å². The van der Waals surface area contributed by atoms with Gasteiger partial charge in [-0.2, -0.15) is 5.10 Å². The lowest BCUT2D eigenvalue weighted by molar-refractivity contribution is 0.475. The number of benzene rings is 2. The molecule has 4 nitrogen and oxygen atoms in total. The minimum atomic E-state index is -0.391. The number of hydrogen-bond acceptors (Lipinski definition) is 3. The first-order chi connectivity index (χ1) is 9.06. The lowest BCUT2D eigenvalue weighted by Crippen LogP contribution is -1.91. The number of aromatic hydroxyl groups is 1. The molecule has 0 atom stereocenters. The third-order valence-corrected chi connectivity index (χ3v) is 3.15. The summed E-state index contributed by atoms with van der Waals surface area (Å²) in [6.45, 7) is 0. The van der Waals surface area contributed by atoms with Crippen LogP contribution >= 0.6 is 0 Å². The highest BCUT2D eigenvalue weighted by molar-refractivity contribution is 5.92. The Morgan fingerprint density at radius 2 is 2.00 bits per heavy atom. The van der Waals surface area contributed by atoms with Crippen LogP contribution in [0.15, 0.2) is 36.4 Å². The number of phenols is 1. The predicted octanol–water partition coefficient (Wildman–Crippen LogP) is 2.67. The standard InChI is InChI=1S/C14H12FN3O/c1-18-12-6-8(2-4-10(12)14(16)17-18)11-7-9(15)3-5-13(11)19/h2-7,19H,1H3,(H2,16,17). The van der Waals surface area contributed by atoms with Crippen LogP contribution in [0.5, 0.6) is 5.75 Å². The molecular weight excluding hydrogens is 245 g/mol. The largest absolute Gasteiger partial charge is 0.507 e. The molecule has 2 aromatic carbocycles. The molecule has 5 heteroatoms. The second kappa shape index (κ2) is 3.98. The van der Waals surface area contributed by atoms with E-state index in [9.17, 15) is 9.50 Å². The lowest BCUT2D eigenvalue weighted by atomic mass is 10.0. The van der Waals surface area contributed by atoms with Gasteiger partial charge >= 0.3 is 0 Å². The Morgan fingerprint density at radius 1 is 1.21 bits per heavy atom. The number of hydrogen-bond donors (Lipinski definition) is 2. The molecular formula is C14H12FN3O. The second-order valence-electron chi connectivity index (χ2n) is 4.40. The van der Waals surface area contributed by atoms with Crippen molar-refractivity contribution < 1.29 is 9.50 Å². The summed E-state index contributed by atoms with van der Waals surface area (Å²) in [6.07, 6.45) is 0. The summed E-state index contributed by atoms with van der Waals surface area (Å²) in [5.41, 5.74) is 7.77. The number of halogens is 1. The van der Waals surface area contributed by atoms with E-state index in [4.69, 9.17) is 5.73 Å². The topological polar surface area (TPSA) is 64.1 Å².